The Morgan fingerprint density at radius 2 is 2.00 bits per heavy atom. The molecule has 1 fully saturated rings. The van der Waals surface area contributed by atoms with E-state index in [2.05, 4.69) is 0 Å². The third kappa shape index (κ3) is 4.09. The van der Waals surface area contributed by atoms with E-state index in [1.165, 1.54) is 0 Å². The summed E-state index contributed by atoms with van der Waals surface area (Å²) in [4.78, 5) is 14.9. The summed E-state index contributed by atoms with van der Waals surface area (Å²) in [5.41, 5.74) is 6.21. The van der Waals surface area contributed by atoms with Gasteiger partial charge < -0.3 is 15.4 Å². The van der Waals surface area contributed by atoms with Crippen LogP contribution in [0.2, 0.25) is 10.0 Å². The molecule has 0 radical (unpaired) electrons. The molecule has 6 heteroatoms. The maximum Gasteiger partial charge on any atom is 0.257 e. The Morgan fingerprint density at radius 1 is 1.24 bits per heavy atom. The molecule has 2 aromatic carbocycles. The minimum absolute atomic E-state index is 0.0945. The Labute approximate surface area is 157 Å². The van der Waals surface area contributed by atoms with Crippen LogP contribution in [0.15, 0.2) is 42.5 Å². The molecule has 25 heavy (non-hydrogen) atoms. The number of halogens is 2. The fourth-order valence-electron chi connectivity index (χ4n) is 3.17. The highest BCUT2D eigenvalue weighted by Crippen LogP contribution is 2.32. The van der Waals surface area contributed by atoms with Crippen LogP contribution in [0.25, 0.3) is 0 Å². The van der Waals surface area contributed by atoms with Crippen molar-refractivity contribution in [1.29, 1.82) is 0 Å². The van der Waals surface area contributed by atoms with Crippen molar-refractivity contribution in [2.24, 2.45) is 11.7 Å². The van der Waals surface area contributed by atoms with Crippen LogP contribution in [0.3, 0.4) is 0 Å². The fourth-order valence-corrected chi connectivity index (χ4v) is 3.52. The number of carbonyl (C=O) groups is 1. The second kappa shape index (κ2) is 7.65. The molecular formula is C19H20Cl2N2O2. The van der Waals surface area contributed by atoms with Crippen molar-refractivity contribution in [2.45, 2.75) is 19.4 Å². The van der Waals surface area contributed by atoms with E-state index in [0.29, 0.717) is 46.1 Å². The lowest BCUT2D eigenvalue weighted by atomic mass is 10.1. The van der Waals surface area contributed by atoms with Gasteiger partial charge in [0.2, 0.25) is 0 Å². The quantitative estimate of drug-likeness (QED) is 0.845. The van der Waals surface area contributed by atoms with E-state index in [4.69, 9.17) is 33.7 Å². The molecule has 2 N–H and O–H groups in total. The first-order chi connectivity index (χ1) is 12.0. The van der Waals surface area contributed by atoms with Gasteiger partial charge >= 0.3 is 0 Å². The average molecular weight is 379 g/mol. The zero-order chi connectivity index (χ0) is 18.0. The SMILES string of the molecule is CC1CC(CN)CN1C(=O)c1cc(Cl)ccc1Oc1cccc(Cl)c1. The highest BCUT2D eigenvalue weighted by molar-refractivity contribution is 6.31. The van der Waals surface area contributed by atoms with Gasteiger partial charge in [-0.2, -0.15) is 0 Å². The topological polar surface area (TPSA) is 55.6 Å². The van der Waals surface area contributed by atoms with Crippen molar-refractivity contribution < 1.29 is 9.53 Å². The lowest BCUT2D eigenvalue weighted by Crippen LogP contribution is -2.34. The standard InChI is InChI=1S/C19H20Cl2N2O2/c1-12-7-13(10-22)11-23(12)19(24)17-9-15(21)5-6-18(17)25-16-4-2-3-14(20)8-16/h2-6,8-9,12-13H,7,10-11,22H2,1H3. The van der Waals surface area contributed by atoms with E-state index in [0.717, 1.165) is 6.42 Å². The molecule has 2 aromatic rings. The Balaban J connectivity index is 1.90. The summed E-state index contributed by atoms with van der Waals surface area (Å²) in [5, 5.41) is 1.06. The number of rotatable bonds is 4. The lowest BCUT2D eigenvalue weighted by Gasteiger charge is -2.23. The van der Waals surface area contributed by atoms with Gasteiger partial charge in [0.1, 0.15) is 11.5 Å². The first-order valence-electron chi connectivity index (χ1n) is 8.22. The van der Waals surface area contributed by atoms with Crippen molar-refractivity contribution in [2.75, 3.05) is 13.1 Å². The number of carbonyl (C=O) groups excluding carboxylic acids is 1. The summed E-state index contributed by atoms with van der Waals surface area (Å²) in [6, 6.07) is 12.2. The van der Waals surface area contributed by atoms with E-state index in [-0.39, 0.29) is 11.9 Å². The number of likely N-dealkylation sites (tertiary alicyclic amines) is 1. The average Bonchev–Trinajstić information content (AvgIpc) is 2.97. The fraction of sp³-hybridized carbons (Fsp3) is 0.316. The van der Waals surface area contributed by atoms with Crippen molar-refractivity contribution in [3.05, 3.63) is 58.1 Å². The predicted octanol–water partition coefficient (Wildman–Crippen LogP) is 4.60. The van der Waals surface area contributed by atoms with Gasteiger partial charge in [0.25, 0.3) is 5.91 Å². The number of nitrogens with zero attached hydrogens (tertiary/aromatic N) is 1. The molecule has 132 valence electrons. The molecule has 4 nitrogen and oxygen atoms in total. The Bertz CT molecular complexity index is 782. The molecule has 1 amide bonds. The molecular weight excluding hydrogens is 359 g/mol. The summed E-state index contributed by atoms with van der Waals surface area (Å²) in [6.45, 7) is 3.27. The van der Waals surface area contributed by atoms with E-state index in [9.17, 15) is 4.79 Å². The van der Waals surface area contributed by atoms with Crippen LogP contribution in [-0.4, -0.2) is 29.9 Å². The number of nitrogens with two attached hydrogens (primary N) is 1. The molecule has 0 saturated carbocycles. The van der Waals surface area contributed by atoms with Gasteiger partial charge in [-0.25, -0.2) is 0 Å². The van der Waals surface area contributed by atoms with Gasteiger partial charge in [0.15, 0.2) is 0 Å². The van der Waals surface area contributed by atoms with Gasteiger partial charge in [0.05, 0.1) is 5.56 Å². The largest absolute Gasteiger partial charge is 0.456 e. The first kappa shape index (κ1) is 18.1. The van der Waals surface area contributed by atoms with Gasteiger partial charge in [0, 0.05) is 22.6 Å². The summed E-state index contributed by atoms with van der Waals surface area (Å²) < 4.78 is 5.90. The second-order valence-electron chi connectivity index (χ2n) is 6.34. The number of hydrogen-bond donors (Lipinski definition) is 1. The van der Waals surface area contributed by atoms with Crippen LogP contribution < -0.4 is 10.5 Å². The van der Waals surface area contributed by atoms with Crippen molar-refractivity contribution in [3.63, 3.8) is 0 Å². The van der Waals surface area contributed by atoms with Crippen LogP contribution in [0.4, 0.5) is 0 Å². The number of benzene rings is 2. The van der Waals surface area contributed by atoms with Crippen LogP contribution in [0.5, 0.6) is 11.5 Å². The van der Waals surface area contributed by atoms with Crippen LogP contribution in [-0.2, 0) is 0 Å². The van der Waals surface area contributed by atoms with Crippen molar-refractivity contribution in [1.82, 2.24) is 4.90 Å². The van der Waals surface area contributed by atoms with Crippen molar-refractivity contribution in [3.8, 4) is 11.5 Å². The Morgan fingerprint density at radius 3 is 2.68 bits per heavy atom. The lowest BCUT2D eigenvalue weighted by molar-refractivity contribution is 0.0741. The molecule has 0 aromatic heterocycles. The van der Waals surface area contributed by atoms with Gasteiger partial charge in [-0.15, -0.1) is 0 Å². The summed E-state index contributed by atoms with van der Waals surface area (Å²) in [6.07, 6.45) is 0.910. The molecule has 1 aliphatic rings. The van der Waals surface area contributed by atoms with E-state index < -0.39 is 0 Å². The zero-order valence-electron chi connectivity index (χ0n) is 13.9. The Kier molecular flexibility index (Phi) is 5.52. The maximum absolute atomic E-state index is 13.1. The molecule has 2 atom stereocenters. The smallest absolute Gasteiger partial charge is 0.257 e. The molecule has 0 bridgehead atoms. The third-order valence-electron chi connectivity index (χ3n) is 4.45. The highest BCUT2D eigenvalue weighted by Gasteiger charge is 2.33. The number of amides is 1. The van der Waals surface area contributed by atoms with Crippen LogP contribution >= 0.6 is 23.2 Å². The molecule has 0 aliphatic carbocycles. The predicted molar refractivity (Wildman–Crippen MR) is 101 cm³/mol. The second-order valence-corrected chi connectivity index (χ2v) is 7.22. The van der Waals surface area contributed by atoms with Crippen molar-refractivity contribution >= 4 is 29.1 Å². The van der Waals surface area contributed by atoms with E-state index in [1.807, 2.05) is 11.8 Å². The molecule has 2 unspecified atom stereocenters. The summed E-state index contributed by atoms with van der Waals surface area (Å²) in [5.74, 6) is 1.26. The van der Waals surface area contributed by atoms with Gasteiger partial charge in [-0.05, 0) is 62.2 Å². The molecule has 3 rings (SSSR count). The number of ether oxygens (including phenoxy) is 1. The number of hydrogen-bond acceptors (Lipinski definition) is 3. The van der Waals surface area contributed by atoms with Crippen LogP contribution in [0.1, 0.15) is 23.7 Å². The van der Waals surface area contributed by atoms with E-state index in [1.54, 1.807) is 42.5 Å². The molecule has 1 aliphatic heterocycles. The third-order valence-corrected chi connectivity index (χ3v) is 4.92. The van der Waals surface area contributed by atoms with Gasteiger partial charge in [-0.3, -0.25) is 4.79 Å². The molecule has 0 spiro atoms. The summed E-state index contributed by atoms with van der Waals surface area (Å²) in [7, 11) is 0. The highest BCUT2D eigenvalue weighted by atomic mass is 35.5. The zero-order valence-corrected chi connectivity index (χ0v) is 15.4. The maximum atomic E-state index is 13.1. The minimum Gasteiger partial charge on any atom is -0.456 e. The normalized spacial score (nSPS) is 19.9. The van der Waals surface area contributed by atoms with E-state index >= 15 is 0 Å². The Hall–Kier alpha value is -1.75. The molecule has 1 heterocycles. The minimum atomic E-state index is -0.0945. The monoisotopic (exact) mass is 378 g/mol. The first-order valence-corrected chi connectivity index (χ1v) is 8.97. The summed E-state index contributed by atoms with van der Waals surface area (Å²) >= 11 is 12.1. The molecule has 1 saturated heterocycles. The van der Waals surface area contributed by atoms with Gasteiger partial charge in [-0.1, -0.05) is 29.3 Å². The van der Waals surface area contributed by atoms with Crippen LogP contribution in [0, 0.1) is 5.92 Å².